The number of halogens is 1. The highest BCUT2D eigenvalue weighted by Gasteiger charge is 2.05. The van der Waals surface area contributed by atoms with Gasteiger partial charge in [-0.05, 0) is 25.5 Å². The van der Waals surface area contributed by atoms with Crippen molar-refractivity contribution in [2.75, 3.05) is 11.9 Å². The van der Waals surface area contributed by atoms with Crippen LogP contribution in [0.1, 0.15) is 12.5 Å². The Bertz CT molecular complexity index is 342. The molecule has 0 fully saturated rings. The monoisotopic (exact) mass is 214 g/mol. The maximum atomic E-state index is 11.1. The van der Waals surface area contributed by atoms with Crippen molar-refractivity contribution < 1.29 is 9.53 Å². The molecule has 1 heterocycles. The molecule has 0 bridgehead atoms. The molecule has 0 saturated heterocycles. The second kappa shape index (κ2) is 4.81. The van der Waals surface area contributed by atoms with Gasteiger partial charge in [0.05, 0.1) is 18.5 Å². The molecule has 1 aromatic heterocycles. The van der Waals surface area contributed by atoms with Gasteiger partial charge < -0.3 is 4.74 Å². The number of carbonyl (C=O) groups excluding carboxylic acids is 1. The Morgan fingerprint density at radius 2 is 2.43 bits per heavy atom. The lowest BCUT2D eigenvalue weighted by Gasteiger charge is -2.07. The Hall–Kier alpha value is -1.29. The summed E-state index contributed by atoms with van der Waals surface area (Å²) in [6.07, 6.45) is 1.01. The Kier molecular flexibility index (Phi) is 3.71. The van der Waals surface area contributed by atoms with Gasteiger partial charge >= 0.3 is 6.09 Å². The maximum Gasteiger partial charge on any atom is 0.411 e. The van der Waals surface area contributed by atoms with E-state index in [-0.39, 0.29) is 0 Å². The van der Waals surface area contributed by atoms with E-state index in [1.54, 1.807) is 13.0 Å². The summed E-state index contributed by atoms with van der Waals surface area (Å²) in [5.74, 6) is 0. The van der Waals surface area contributed by atoms with Gasteiger partial charge in [-0.25, -0.2) is 9.78 Å². The fourth-order valence-corrected chi connectivity index (χ4v) is 1.14. The van der Waals surface area contributed by atoms with Crippen LogP contribution in [0.15, 0.2) is 12.3 Å². The van der Waals surface area contributed by atoms with Crippen LogP contribution in [-0.2, 0) is 4.74 Å². The lowest BCUT2D eigenvalue weighted by molar-refractivity contribution is 0.168. The zero-order chi connectivity index (χ0) is 10.6. The first kappa shape index (κ1) is 10.8. The van der Waals surface area contributed by atoms with E-state index in [2.05, 4.69) is 10.3 Å². The summed E-state index contributed by atoms with van der Waals surface area (Å²) < 4.78 is 4.72. The number of rotatable bonds is 2. The second-order valence-corrected chi connectivity index (χ2v) is 3.05. The number of carbonyl (C=O) groups is 1. The van der Waals surface area contributed by atoms with E-state index in [0.29, 0.717) is 17.4 Å². The third kappa shape index (κ3) is 2.88. The standard InChI is InChI=1S/C9H11ClN2O2/c1-3-14-9(13)12-7-5-11-8(10)4-6(7)2/h4-5H,3H2,1-2H3,(H,12,13). The van der Waals surface area contributed by atoms with E-state index in [9.17, 15) is 4.79 Å². The summed E-state index contributed by atoms with van der Waals surface area (Å²) in [6, 6.07) is 1.67. The number of nitrogens with one attached hydrogen (secondary N) is 1. The van der Waals surface area contributed by atoms with Crippen molar-refractivity contribution in [1.82, 2.24) is 4.98 Å². The van der Waals surface area contributed by atoms with Gasteiger partial charge in [-0.15, -0.1) is 0 Å². The van der Waals surface area contributed by atoms with Crippen molar-refractivity contribution in [1.29, 1.82) is 0 Å². The SMILES string of the molecule is CCOC(=O)Nc1cnc(Cl)cc1C. The van der Waals surface area contributed by atoms with Crippen molar-refractivity contribution in [2.45, 2.75) is 13.8 Å². The van der Waals surface area contributed by atoms with Crippen LogP contribution >= 0.6 is 11.6 Å². The van der Waals surface area contributed by atoms with E-state index in [1.165, 1.54) is 6.20 Å². The predicted molar refractivity (Wildman–Crippen MR) is 54.6 cm³/mol. The third-order valence-electron chi connectivity index (χ3n) is 1.59. The zero-order valence-corrected chi connectivity index (χ0v) is 8.76. The number of pyridine rings is 1. The molecule has 14 heavy (non-hydrogen) atoms. The number of aryl methyl sites for hydroxylation is 1. The summed E-state index contributed by atoms with van der Waals surface area (Å²) in [6.45, 7) is 3.91. The molecule has 0 saturated carbocycles. The number of nitrogens with zero attached hydrogens (tertiary/aromatic N) is 1. The average Bonchev–Trinajstić information content (AvgIpc) is 2.10. The molecule has 0 aliphatic rings. The van der Waals surface area contributed by atoms with Crippen molar-refractivity contribution in [3.63, 3.8) is 0 Å². The summed E-state index contributed by atoms with van der Waals surface area (Å²) in [4.78, 5) is 14.9. The van der Waals surface area contributed by atoms with Gasteiger partial charge in [0, 0.05) is 0 Å². The molecule has 76 valence electrons. The summed E-state index contributed by atoms with van der Waals surface area (Å²) in [5, 5.41) is 2.96. The fraction of sp³-hybridized carbons (Fsp3) is 0.333. The van der Waals surface area contributed by atoms with Crippen LogP contribution in [0.25, 0.3) is 0 Å². The molecule has 0 spiro atoms. The molecular weight excluding hydrogens is 204 g/mol. The van der Waals surface area contributed by atoms with Crippen molar-refractivity contribution >= 4 is 23.4 Å². The smallest absolute Gasteiger partial charge is 0.411 e. The van der Waals surface area contributed by atoms with Gasteiger partial charge in [0.15, 0.2) is 0 Å². The van der Waals surface area contributed by atoms with Crippen LogP contribution in [-0.4, -0.2) is 17.7 Å². The average molecular weight is 215 g/mol. The Labute approximate surface area is 87.2 Å². The number of hydrogen-bond acceptors (Lipinski definition) is 3. The number of ether oxygens (including phenoxy) is 1. The van der Waals surface area contributed by atoms with E-state index in [1.807, 2.05) is 6.92 Å². The molecule has 0 aliphatic carbocycles. The first-order chi connectivity index (χ1) is 6.63. The van der Waals surface area contributed by atoms with Crippen LogP contribution in [0.4, 0.5) is 10.5 Å². The van der Waals surface area contributed by atoms with Gasteiger partial charge in [0.25, 0.3) is 0 Å². The zero-order valence-electron chi connectivity index (χ0n) is 8.00. The summed E-state index contributed by atoms with van der Waals surface area (Å²) in [7, 11) is 0. The first-order valence-corrected chi connectivity index (χ1v) is 4.57. The Morgan fingerprint density at radius 3 is 3.00 bits per heavy atom. The molecular formula is C9H11ClN2O2. The maximum absolute atomic E-state index is 11.1. The van der Waals surface area contributed by atoms with Crippen LogP contribution < -0.4 is 5.32 Å². The van der Waals surface area contributed by atoms with E-state index in [0.717, 1.165) is 5.56 Å². The van der Waals surface area contributed by atoms with Gasteiger partial charge in [0.2, 0.25) is 0 Å². The van der Waals surface area contributed by atoms with Crippen LogP contribution in [0.5, 0.6) is 0 Å². The lowest BCUT2D eigenvalue weighted by atomic mass is 10.2. The molecule has 5 heteroatoms. The van der Waals surface area contributed by atoms with E-state index >= 15 is 0 Å². The quantitative estimate of drug-likeness (QED) is 0.770. The van der Waals surface area contributed by atoms with Crippen LogP contribution in [0.3, 0.4) is 0 Å². The van der Waals surface area contributed by atoms with Crippen LogP contribution in [0, 0.1) is 6.92 Å². The number of hydrogen-bond donors (Lipinski definition) is 1. The first-order valence-electron chi connectivity index (χ1n) is 4.19. The number of anilines is 1. The molecule has 1 N–H and O–H groups in total. The highest BCUT2D eigenvalue weighted by molar-refractivity contribution is 6.29. The van der Waals surface area contributed by atoms with Crippen molar-refractivity contribution in [2.24, 2.45) is 0 Å². The molecule has 0 radical (unpaired) electrons. The third-order valence-corrected chi connectivity index (χ3v) is 1.80. The lowest BCUT2D eigenvalue weighted by Crippen LogP contribution is -2.14. The van der Waals surface area contributed by atoms with Crippen LogP contribution in [0.2, 0.25) is 5.15 Å². The van der Waals surface area contributed by atoms with Gasteiger partial charge in [-0.2, -0.15) is 0 Å². The van der Waals surface area contributed by atoms with Crippen molar-refractivity contribution in [3.8, 4) is 0 Å². The minimum Gasteiger partial charge on any atom is -0.450 e. The summed E-state index contributed by atoms with van der Waals surface area (Å²) in [5.41, 5.74) is 1.45. The molecule has 0 atom stereocenters. The predicted octanol–water partition coefficient (Wildman–Crippen LogP) is 2.61. The Morgan fingerprint density at radius 1 is 1.71 bits per heavy atom. The minimum absolute atomic E-state index is 0.339. The molecule has 1 aromatic rings. The molecule has 0 unspecified atom stereocenters. The Balaban J connectivity index is 2.72. The molecule has 0 aliphatic heterocycles. The molecule has 1 rings (SSSR count). The topological polar surface area (TPSA) is 51.2 Å². The highest BCUT2D eigenvalue weighted by atomic mass is 35.5. The van der Waals surface area contributed by atoms with Gasteiger partial charge in [0.1, 0.15) is 5.15 Å². The fourth-order valence-electron chi connectivity index (χ4n) is 0.930. The van der Waals surface area contributed by atoms with Crippen molar-refractivity contribution in [3.05, 3.63) is 23.0 Å². The van der Waals surface area contributed by atoms with Gasteiger partial charge in [-0.3, -0.25) is 5.32 Å². The number of amides is 1. The minimum atomic E-state index is -0.486. The summed E-state index contributed by atoms with van der Waals surface area (Å²) >= 11 is 5.66. The molecule has 0 aromatic carbocycles. The largest absolute Gasteiger partial charge is 0.450 e. The normalized spacial score (nSPS) is 9.64. The van der Waals surface area contributed by atoms with Gasteiger partial charge in [-0.1, -0.05) is 11.6 Å². The van der Waals surface area contributed by atoms with E-state index in [4.69, 9.17) is 16.3 Å². The second-order valence-electron chi connectivity index (χ2n) is 2.67. The highest BCUT2D eigenvalue weighted by Crippen LogP contribution is 2.16. The molecule has 4 nitrogen and oxygen atoms in total. The molecule has 1 amide bonds. The number of aromatic nitrogens is 1. The van der Waals surface area contributed by atoms with E-state index < -0.39 is 6.09 Å².